The third kappa shape index (κ3) is 1.82. The van der Waals surface area contributed by atoms with Crippen LogP contribution in [0.3, 0.4) is 0 Å². The van der Waals surface area contributed by atoms with Gasteiger partial charge >= 0.3 is 0 Å². The van der Waals surface area contributed by atoms with E-state index in [1.54, 1.807) is 11.8 Å². The van der Waals surface area contributed by atoms with E-state index in [0.717, 1.165) is 21.9 Å². The normalized spacial score (nSPS) is 10.6. The highest BCUT2D eigenvalue weighted by Crippen LogP contribution is 2.19. The summed E-state index contributed by atoms with van der Waals surface area (Å²) >= 11 is 1.67. The molecule has 0 saturated heterocycles. The molecular formula is C11H12N2S. The summed E-state index contributed by atoms with van der Waals surface area (Å²) in [5.74, 6) is 0.888. The predicted molar refractivity (Wildman–Crippen MR) is 61.8 cm³/mol. The van der Waals surface area contributed by atoms with Gasteiger partial charge in [-0.25, -0.2) is 4.98 Å². The molecule has 0 unspecified atom stereocenters. The Kier molecular flexibility index (Phi) is 2.59. The van der Waals surface area contributed by atoms with Crippen molar-refractivity contribution in [2.45, 2.75) is 12.1 Å². The molecule has 2 aromatic rings. The van der Waals surface area contributed by atoms with Gasteiger partial charge in [-0.3, -0.25) is 0 Å². The van der Waals surface area contributed by atoms with E-state index in [-0.39, 0.29) is 0 Å². The number of imidazole rings is 1. The summed E-state index contributed by atoms with van der Waals surface area (Å²) in [6.07, 6.45) is 1.88. The molecule has 0 aliphatic rings. The van der Waals surface area contributed by atoms with E-state index in [9.17, 15) is 0 Å². The van der Waals surface area contributed by atoms with Crippen LogP contribution < -0.4 is 0 Å². The Morgan fingerprint density at radius 3 is 3.21 bits per heavy atom. The van der Waals surface area contributed by atoms with E-state index >= 15 is 0 Å². The molecule has 1 aromatic heterocycles. The Bertz CT molecular complexity index is 459. The van der Waals surface area contributed by atoms with Gasteiger partial charge in [0.25, 0.3) is 0 Å². The van der Waals surface area contributed by atoms with Crippen LogP contribution in [0, 0.1) is 6.92 Å². The lowest BCUT2D eigenvalue weighted by atomic mass is 10.2. The highest BCUT2D eigenvalue weighted by atomic mass is 32.2. The fourth-order valence-corrected chi connectivity index (χ4v) is 1.92. The molecule has 0 spiro atoms. The van der Waals surface area contributed by atoms with Gasteiger partial charge in [-0.05, 0) is 24.6 Å². The summed E-state index contributed by atoms with van der Waals surface area (Å²) in [5, 5.41) is 0.963. The monoisotopic (exact) mass is 204 g/mol. The van der Waals surface area contributed by atoms with Gasteiger partial charge in [-0.1, -0.05) is 23.9 Å². The second kappa shape index (κ2) is 3.88. The first kappa shape index (κ1) is 9.34. The summed E-state index contributed by atoms with van der Waals surface area (Å²) in [6.45, 7) is 5.76. The molecule has 1 N–H and O–H groups in total. The number of thioether (sulfide) groups is 1. The van der Waals surface area contributed by atoms with Crippen molar-refractivity contribution in [3.05, 3.63) is 36.4 Å². The van der Waals surface area contributed by atoms with Crippen molar-refractivity contribution in [3.63, 3.8) is 0 Å². The van der Waals surface area contributed by atoms with Gasteiger partial charge in [-0.2, -0.15) is 0 Å². The second-order valence-corrected chi connectivity index (χ2v) is 4.17. The van der Waals surface area contributed by atoms with Crippen molar-refractivity contribution >= 4 is 22.8 Å². The largest absolute Gasteiger partial charge is 0.333 e. The minimum Gasteiger partial charge on any atom is -0.333 e. The van der Waals surface area contributed by atoms with Crippen molar-refractivity contribution in [2.75, 3.05) is 5.75 Å². The van der Waals surface area contributed by atoms with Gasteiger partial charge in [0, 0.05) is 5.75 Å². The Balaban J connectivity index is 2.36. The fourth-order valence-electron chi connectivity index (χ4n) is 1.30. The van der Waals surface area contributed by atoms with Gasteiger partial charge in [0.15, 0.2) is 5.16 Å². The number of nitrogens with one attached hydrogen (secondary N) is 1. The molecule has 72 valence electrons. The van der Waals surface area contributed by atoms with Crippen LogP contribution in [0.5, 0.6) is 0 Å². The maximum absolute atomic E-state index is 4.47. The number of H-pyrrole nitrogens is 1. The molecule has 3 heteroatoms. The average Bonchev–Trinajstić information content (AvgIpc) is 2.56. The smallest absolute Gasteiger partial charge is 0.166 e. The van der Waals surface area contributed by atoms with Crippen molar-refractivity contribution in [3.8, 4) is 0 Å². The molecule has 0 aliphatic heterocycles. The lowest BCUT2D eigenvalue weighted by Crippen LogP contribution is -1.74. The number of rotatable bonds is 3. The topological polar surface area (TPSA) is 28.7 Å². The molecule has 0 amide bonds. The number of benzene rings is 1. The lowest BCUT2D eigenvalue weighted by Gasteiger charge is -1.89. The summed E-state index contributed by atoms with van der Waals surface area (Å²) in [4.78, 5) is 7.73. The van der Waals surface area contributed by atoms with Gasteiger partial charge in [-0.15, -0.1) is 6.58 Å². The number of nitrogens with zero attached hydrogens (tertiary/aromatic N) is 1. The summed E-state index contributed by atoms with van der Waals surface area (Å²) < 4.78 is 0. The first-order valence-electron chi connectivity index (χ1n) is 4.49. The van der Waals surface area contributed by atoms with E-state index in [1.165, 1.54) is 5.56 Å². The van der Waals surface area contributed by atoms with E-state index in [0.29, 0.717) is 0 Å². The van der Waals surface area contributed by atoms with Crippen molar-refractivity contribution in [1.82, 2.24) is 9.97 Å². The van der Waals surface area contributed by atoms with E-state index in [1.807, 2.05) is 6.08 Å². The van der Waals surface area contributed by atoms with Crippen LogP contribution in [0.15, 0.2) is 36.0 Å². The molecule has 1 aromatic carbocycles. The van der Waals surface area contributed by atoms with Crippen molar-refractivity contribution in [2.24, 2.45) is 0 Å². The zero-order chi connectivity index (χ0) is 9.97. The SMILES string of the molecule is C=CCSc1nc2cc(C)ccc2[nH]1. The van der Waals surface area contributed by atoms with Gasteiger partial charge in [0.1, 0.15) is 0 Å². The number of hydrogen-bond acceptors (Lipinski definition) is 2. The fraction of sp³-hybridized carbons (Fsp3) is 0.182. The van der Waals surface area contributed by atoms with Gasteiger partial charge in [0.2, 0.25) is 0 Å². The molecule has 0 atom stereocenters. The standard InChI is InChI=1S/C11H12N2S/c1-3-6-14-11-12-9-5-4-8(2)7-10(9)13-11/h3-5,7H,1,6H2,2H3,(H,12,13). The zero-order valence-electron chi connectivity index (χ0n) is 8.08. The quantitative estimate of drug-likeness (QED) is 0.614. The molecular weight excluding hydrogens is 192 g/mol. The van der Waals surface area contributed by atoms with Crippen LogP contribution >= 0.6 is 11.8 Å². The molecule has 0 bridgehead atoms. The van der Waals surface area contributed by atoms with Crippen molar-refractivity contribution in [1.29, 1.82) is 0 Å². The van der Waals surface area contributed by atoms with Crippen LogP contribution in [0.4, 0.5) is 0 Å². The average molecular weight is 204 g/mol. The molecule has 0 saturated carbocycles. The van der Waals surface area contributed by atoms with Crippen LogP contribution in [-0.2, 0) is 0 Å². The molecule has 1 heterocycles. The van der Waals surface area contributed by atoms with Crippen molar-refractivity contribution < 1.29 is 0 Å². The minimum atomic E-state index is 0.888. The number of hydrogen-bond donors (Lipinski definition) is 1. The predicted octanol–water partition coefficient (Wildman–Crippen LogP) is 3.15. The Morgan fingerprint density at radius 1 is 1.57 bits per heavy atom. The Hall–Kier alpha value is -1.22. The molecule has 2 rings (SSSR count). The zero-order valence-corrected chi connectivity index (χ0v) is 8.90. The third-order valence-corrected chi connectivity index (χ3v) is 2.82. The maximum atomic E-state index is 4.47. The summed E-state index contributed by atoms with van der Waals surface area (Å²) in [5.41, 5.74) is 3.38. The number of fused-ring (bicyclic) bond motifs is 1. The van der Waals surface area contributed by atoms with E-state index in [4.69, 9.17) is 0 Å². The van der Waals surface area contributed by atoms with E-state index < -0.39 is 0 Å². The maximum Gasteiger partial charge on any atom is 0.166 e. The second-order valence-electron chi connectivity index (χ2n) is 3.16. The third-order valence-electron chi connectivity index (χ3n) is 1.95. The Morgan fingerprint density at radius 2 is 2.43 bits per heavy atom. The molecule has 2 nitrogen and oxygen atoms in total. The first-order valence-corrected chi connectivity index (χ1v) is 5.48. The molecule has 0 aliphatic carbocycles. The highest BCUT2D eigenvalue weighted by molar-refractivity contribution is 7.99. The first-order chi connectivity index (χ1) is 6.79. The van der Waals surface area contributed by atoms with E-state index in [2.05, 4.69) is 41.7 Å². The molecule has 14 heavy (non-hydrogen) atoms. The molecule has 0 radical (unpaired) electrons. The Labute approximate surface area is 87.4 Å². The minimum absolute atomic E-state index is 0.888. The van der Waals surface area contributed by atoms with Crippen LogP contribution in [0.25, 0.3) is 11.0 Å². The lowest BCUT2D eigenvalue weighted by molar-refractivity contribution is 1.08. The van der Waals surface area contributed by atoms with Crippen LogP contribution in [0.1, 0.15) is 5.56 Å². The highest BCUT2D eigenvalue weighted by Gasteiger charge is 2.01. The summed E-state index contributed by atoms with van der Waals surface area (Å²) in [6, 6.07) is 6.24. The van der Waals surface area contributed by atoms with Gasteiger partial charge in [0.05, 0.1) is 11.0 Å². The number of aryl methyl sites for hydroxylation is 1. The van der Waals surface area contributed by atoms with Crippen LogP contribution in [0.2, 0.25) is 0 Å². The number of aromatic nitrogens is 2. The number of aromatic amines is 1. The molecule has 0 fully saturated rings. The summed E-state index contributed by atoms with van der Waals surface area (Å²) in [7, 11) is 0. The van der Waals surface area contributed by atoms with Gasteiger partial charge < -0.3 is 4.98 Å². The van der Waals surface area contributed by atoms with Crippen LogP contribution in [-0.4, -0.2) is 15.7 Å².